The van der Waals surface area contributed by atoms with Crippen LogP contribution >= 0.6 is 0 Å². The van der Waals surface area contributed by atoms with E-state index < -0.39 is 12.3 Å². The first-order valence-corrected chi connectivity index (χ1v) is 3.16. The molecule has 5 heteroatoms. The van der Waals surface area contributed by atoms with Crippen LogP contribution in [0.25, 0.3) is 0 Å². The largest absolute Gasteiger partial charge is 0.478 e. The number of rotatable bonds is 2. The van der Waals surface area contributed by atoms with Gasteiger partial charge in [0.25, 0.3) is 6.30 Å². The van der Waals surface area contributed by atoms with E-state index in [9.17, 15) is 14.0 Å². The molecule has 1 N–H and O–H groups in total. The topological polar surface area (TPSA) is 59.3 Å². The summed E-state index contributed by atoms with van der Waals surface area (Å²) in [4.78, 5) is 20.6. The number of carboxylic acid groups (broad SMARTS) is 1. The molecule has 0 aliphatic heterocycles. The van der Waals surface area contributed by atoms with Gasteiger partial charge in [-0.2, -0.15) is 0 Å². The van der Waals surface area contributed by atoms with Gasteiger partial charge in [0.1, 0.15) is 0 Å². The molecular weight excluding hydrogens is 165 g/mol. The summed E-state index contributed by atoms with van der Waals surface area (Å²) in [6.45, 7) is 0. The van der Waals surface area contributed by atoms with Gasteiger partial charge in [-0.3, -0.25) is 4.79 Å². The third-order valence-corrected chi connectivity index (χ3v) is 1.29. The van der Waals surface area contributed by atoms with Gasteiger partial charge in [0.2, 0.25) is 0 Å². The highest BCUT2D eigenvalue weighted by Gasteiger charge is 2.15. The smallest absolute Gasteiger partial charge is 0.359 e. The number of hydrogen-bond acceptors (Lipinski definition) is 2. The Labute approximate surface area is 66.9 Å². The first-order valence-electron chi connectivity index (χ1n) is 3.16. The fourth-order valence-corrected chi connectivity index (χ4v) is 0.703. The van der Waals surface area contributed by atoms with Crippen LogP contribution in [0.4, 0.5) is 4.39 Å². The molecule has 0 saturated heterocycles. The molecule has 0 fully saturated rings. The molecule has 1 heterocycles. The Kier molecular flexibility index (Phi) is 2.23. The Hall–Kier alpha value is -1.65. The van der Waals surface area contributed by atoms with E-state index in [2.05, 4.69) is 0 Å². The second-order valence-corrected chi connectivity index (χ2v) is 2.16. The third kappa shape index (κ3) is 1.69. The molecule has 12 heavy (non-hydrogen) atoms. The van der Waals surface area contributed by atoms with Gasteiger partial charge < -0.3 is 9.67 Å². The SMILES string of the molecule is O=C(O)C(F)n1ccc(=O)cc1. The van der Waals surface area contributed by atoms with Gasteiger partial charge in [0.05, 0.1) is 0 Å². The molecule has 0 aromatic carbocycles. The van der Waals surface area contributed by atoms with Gasteiger partial charge in [0.15, 0.2) is 5.43 Å². The molecule has 64 valence electrons. The summed E-state index contributed by atoms with van der Waals surface area (Å²) in [5.74, 6) is -1.58. The predicted molar refractivity (Wildman–Crippen MR) is 38.5 cm³/mol. The number of hydrogen-bond donors (Lipinski definition) is 1. The lowest BCUT2D eigenvalue weighted by atomic mass is 10.4. The van der Waals surface area contributed by atoms with Crippen molar-refractivity contribution >= 4 is 5.97 Å². The molecule has 0 aliphatic rings. The number of alkyl halides is 1. The van der Waals surface area contributed by atoms with Crippen LogP contribution in [0.3, 0.4) is 0 Å². The number of halogens is 1. The molecule has 0 bridgehead atoms. The summed E-state index contributed by atoms with van der Waals surface area (Å²) >= 11 is 0. The standard InChI is InChI=1S/C7H6FNO3/c8-6(7(11)12)9-3-1-5(10)2-4-9/h1-4,6H,(H,11,12). The lowest BCUT2D eigenvalue weighted by Crippen LogP contribution is -2.15. The first-order chi connectivity index (χ1) is 5.61. The average Bonchev–Trinajstić information content (AvgIpc) is 2.04. The second-order valence-electron chi connectivity index (χ2n) is 2.16. The summed E-state index contributed by atoms with van der Waals surface area (Å²) in [5, 5.41) is 8.23. The zero-order valence-electron chi connectivity index (χ0n) is 5.98. The Morgan fingerprint density at radius 1 is 1.50 bits per heavy atom. The molecule has 0 saturated carbocycles. The summed E-state index contributed by atoms with van der Waals surface area (Å²) < 4.78 is 13.4. The van der Waals surface area contributed by atoms with E-state index in [1.165, 1.54) is 0 Å². The highest BCUT2D eigenvalue weighted by atomic mass is 19.1. The number of nitrogens with zero attached hydrogens (tertiary/aromatic N) is 1. The Bertz CT molecular complexity index is 326. The lowest BCUT2D eigenvalue weighted by molar-refractivity contribution is -0.146. The summed E-state index contributed by atoms with van der Waals surface area (Å²) in [5.41, 5.74) is -0.288. The zero-order chi connectivity index (χ0) is 9.14. The van der Waals surface area contributed by atoms with Crippen molar-refractivity contribution in [1.82, 2.24) is 4.57 Å². The average molecular weight is 171 g/mol. The van der Waals surface area contributed by atoms with Gasteiger partial charge in [0, 0.05) is 24.5 Å². The van der Waals surface area contributed by atoms with Gasteiger partial charge in [-0.05, 0) is 0 Å². The zero-order valence-corrected chi connectivity index (χ0v) is 5.98. The monoisotopic (exact) mass is 171 g/mol. The van der Waals surface area contributed by atoms with Gasteiger partial charge in [-0.25, -0.2) is 9.18 Å². The molecule has 1 aromatic rings. The van der Waals surface area contributed by atoms with Crippen molar-refractivity contribution < 1.29 is 14.3 Å². The molecule has 4 nitrogen and oxygen atoms in total. The van der Waals surface area contributed by atoms with E-state index in [1.54, 1.807) is 0 Å². The molecular formula is C7H6FNO3. The maximum Gasteiger partial charge on any atom is 0.359 e. The summed E-state index contributed by atoms with van der Waals surface area (Å²) in [6.07, 6.45) is 0.0352. The van der Waals surface area contributed by atoms with E-state index in [4.69, 9.17) is 5.11 Å². The minimum absolute atomic E-state index is 0.288. The quantitative estimate of drug-likeness (QED) is 0.700. The molecule has 1 atom stereocenters. The van der Waals surface area contributed by atoms with Crippen molar-refractivity contribution in [3.05, 3.63) is 34.7 Å². The van der Waals surface area contributed by atoms with Crippen molar-refractivity contribution in [2.75, 3.05) is 0 Å². The molecule has 1 rings (SSSR count). The maximum absolute atomic E-state index is 12.7. The van der Waals surface area contributed by atoms with Crippen LogP contribution in [0.5, 0.6) is 0 Å². The third-order valence-electron chi connectivity index (χ3n) is 1.29. The predicted octanol–water partition coefficient (Wildman–Crippen LogP) is 0.401. The van der Waals surface area contributed by atoms with Crippen molar-refractivity contribution in [3.63, 3.8) is 0 Å². The maximum atomic E-state index is 12.7. The first kappa shape index (κ1) is 8.45. The Morgan fingerprint density at radius 3 is 2.42 bits per heavy atom. The fraction of sp³-hybridized carbons (Fsp3) is 0.143. The number of aromatic nitrogens is 1. The number of pyridine rings is 1. The second kappa shape index (κ2) is 3.17. The van der Waals surface area contributed by atoms with Crippen LogP contribution in [0.15, 0.2) is 29.3 Å². The number of carboxylic acids is 1. The van der Waals surface area contributed by atoms with Gasteiger partial charge >= 0.3 is 5.97 Å². The molecule has 1 unspecified atom stereocenters. The number of aliphatic carboxylic acids is 1. The van der Waals surface area contributed by atoms with Crippen LogP contribution < -0.4 is 5.43 Å². The van der Waals surface area contributed by atoms with Crippen molar-refractivity contribution in [3.8, 4) is 0 Å². The molecule has 1 aromatic heterocycles. The van der Waals surface area contributed by atoms with Crippen LogP contribution in [0.1, 0.15) is 6.30 Å². The van der Waals surface area contributed by atoms with E-state index >= 15 is 0 Å². The Balaban J connectivity index is 2.97. The summed E-state index contributed by atoms with van der Waals surface area (Å²) in [6, 6.07) is 2.19. The molecule has 0 aliphatic carbocycles. The van der Waals surface area contributed by atoms with Crippen LogP contribution in [-0.2, 0) is 4.79 Å². The fourth-order valence-electron chi connectivity index (χ4n) is 0.703. The minimum atomic E-state index is -2.13. The van der Waals surface area contributed by atoms with Crippen molar-refractivity contribution in [2.24, 2.45) is 0 Å². The van der Waals surface area contributed by atoms with Gasteiger partial charge in [-0.1, -0.05) is 0 Å². The van der Waals surface area contributed by atoms with Crippen LogP contribution in [0, 0.1) is 0 Å². The van der Waals surface area contributed by atoms with E-state index in [0.29, 0.717) is 0 Å². The van der Waals surface area contributed by atoms with E-state index in [-0.39, 0.29) is 5.43 Å². The highest BCUT2D eigenvalue weighted by molar-refractivity contribution is 5.70. The normalized spacial score (nSPS) is 12.4. The minimum Gasteiger partial charge on any atom is -0.478 e. The summed E-state index contributed by atoms with van der Waals surface area (Å²) in [7, 11) is 0. The molecule has 0 amide bonds. The van der Waals surface area contributed by atoms with Crippen molar-refractivity contribution in [2.45, 2.75) is 6.30 Å². The van der Waals surface area contributed by atoms with E-state index in [1.807, 2.05) is 0 Å². The van der Waals surface area contributed by atoms with Crippen LogP contribution in [-0.4, -0.2) is 15.6 Å². The highest BCUT2D eigenvalue weighted by Crippen LogP contribution is 2.05. The van der Waals surface area contributed by atoms with Crippen LogP contribution in [0.2, 0.25) is 0 Å². The lowest BCUT2D eigenvalue weighted by Gasteiger charge is -2.05. The molecule has 0 spiro atoms. The van der Waals surface area contributed by atoms with E-state index in [0.717, 1.165) is 29.1 Å². The van der Waals surface area contributed by atoms with Gasteiger partial charge in [-0.15, -0.1) is 0 Å². The number of carbonyl (C=O) groups is 1. The molecule has 0 radical (unpaired) electrons. The van der Waals surface area contributed by atoms with Crippen molar-refractivity contribution in [1.29, 1.82) is 0 Å². The Morgan fingerprint density at radius 2 is 2.00 bits per heavy atom.